The number of rotatable bonds is 6. The molecule has 7 nitrogen and oxygen atoms in total. The minimum absolute atomic E-state index is 0.0521. The van der Waals surface area contributed by atoms with Gasteiger partial charge in [-0.1, -0.05) is 5.16 Å². The van der Waals surface area contributed by atoms with Crippen LogP contribution in [0.2, 0.25) is 0 Å². The lowest BCUT2D eigenvalue weighted by molar-refractivity contribution is 0.0461. The molecule has 7 heteroatoms. The average molecular weight is 342 g/mol. The highest BCUT2D eigenvalue weighted by Crippen LogP contribution is 2.40. The summed E-state index contributed by atoms with van der Waals surface area (Å²) in [5.74, 6) is 1.96. The van der Waals surface area contributed by atoms with E-state index < -0.39 is 0 Å². The highest BCUT2D eigenvalue weighted by Gasteiger charge is 2.33. The summed E-state index contributed by atoms with van der Waals surface area (Å²) in [5, 5.41) is 8.41. The molecule has 132 valence electrons. The highest BCUT2D eigenvalue weighted by atomic mass is 16.5. The van der Waals surface area contributed by atoms with Gasteiger partial charge in [-0.2, -0.15) is 5.10 Å². The van der Waals surface area contributed by atoms with Crippen molar-refractivity contribution in [1.29, 1.82) is 0 Å². The Bertz CT molecular complexity index is 775. The topological polar surface area (TPSA) is 73.4 Å². The number of fused-ring (bicyclic) bond motifs is 1. The van der Waals surface area contributed by atoms with Crippen LogP contribution in [0.4, 0.5) is 0 Å². The molecule has 25 heavy (non-hydrogen) atoms. The molecule has 0 N–H and O–H groups in total. The summed E-state index contributed by atoms with van der Waals surface area (Å²) in [5.41, 5.74) is 1.44. The van der Waals surface area contributed by atoms with E-state index in [-0.39, 0.29) is 11.9 Å². The summed E-state index contributed by atoms with van der Waals surface area (Å²) in [7, 11) is 0. The number of aromatic nitrogens is 3. The van der Waals surface area contributed by atoms with Crippen molar-refractivity contribution in [2.75, 3.05) is 19.8 Å². The lowest BCUT2D eigenvalue weighted by Crippen LogP contribution is -2.43. The van der Waals surface area contributed by atoms with Gasteiger partial charge in [0.25, 0.3) is 5.91 Å². The first-order chi connectivity index (χ1) is 12.3. The van der Waals surface area contributed by atoms with Crippen molar-refractivity contribution < 1.29 is 14.1 Å². The molecule has 2 aromatic rings. The summed E-state index contributed by atoms with van der Waals surface area (Å²) < 4.78 is 13.2. The highest BCUT2D eigenvalue weighted by molar-refractivity contribution is 5.92. The first-order valence-corrected chi connectivity index (χ1v) is 9.14. The van der Waals surface area contributed by atoms with E-state index in [4.69, 9.17) is 9.26 Å². The van der Waals surface area contributed by atoms with E-state index in [0.717, 1.165) is 36.8 Å². The second-order valence-electron chi connectivity index (χ2n) is 7.48. The van der Waals surface area contributed by atoms with Crippen molar-refractivity contribution in [3.8, 4) is 0 Å². The van der Waals surface area contributed by atoms with E-state index in [1.165, 1.54) is 12.8 Å². The molecular weight excluding hydrogens is 320 g/mol. The van der Waals surface area contributed by atoms with Crippen LogP contribution in [0.1, 0.15) is 59.6 Å². The van der Waals surface area contributed by atoms with Gasteiger partial charge in [0, 0.05) is 31.3 Å². The van der Waals surface area contributed by atoms with Crippen LogP contribution >= 0.6 is 0 Å². The van der Waals surface area contributed by atoms with E-state index in [9.17, 15) is 4.79 Å². The van der Waals surface area contributed by atoms with E-state index in [1.54, 1.807) is 6.20 Å². The Balaban J connectivity index is 1.30. The minimum atomic E-state index is -0.0738. The zero-order valence-corrected chi connectivity index (χ0v) is 14.1. The van der Waals surface area contributed by atoms with Crippen LogP contribution in [0.5, 0.6) is 0 Å². The SMILES string of the molecule is O=C(c1cc(C2CC2)on1)N1Cc2ccnn2C(COCC2CC2)C1. The van der Waals surface area contributed by atoms with Crippen LogP contribution in [-0.2, 0) is 11.3 Å². The number of hydrogen-bond donors (Lipinski definition) is 0. The van der Waals surface area contributed by atoms with Crippen molar-refractivity contribution in [3.63, 3.8) is 0 Å². The van der Waals surface area contributed by atoms with Crippen molar-refractivity contribution in [1.82, 2.24) is 19.8 Å². The maximum absolute atomic E-state index is 12.9. The van der Waals surface area contributed by atoms with E-state index in [0.29, 0.717) is 31.3 Å². The van der Waals surface area contributed by atoms with Gasteiger partial charge in [-0.25, -0.2) is 0 Å². The lowest BCUT2D eigenvalue weighted by Gasteiger charge is -2.33. The fourth-order valence-electron chi connectivity index (χ4n) is 3.43. The Morgan fingerprint density at radius 2 is 2.16 bits per heavy atom. The minimum Gasteiger partial charge on any atom is -0.379 e. The second-order valence-corrected chi connectivity index (χ2v) is 7.48. The number of hydrogen-bond acceptors (Lipinski definition) is 5. The fraction of sp³-hybridized carbons (Fsp3) is 0.611. The zero-order chi connectivity index (χ0) is 16.8. The molecule has 0 aromatic carbocycles. The van der Waals surface area contributed by atoms with Gasteiger partial charge in [0.15, 0.2) is 5.69 Å². The van der Waals surface area contributed by atoms with Gasteiger partial charge in [-0.05, 0) is 37.7 Å². The van der Waals surface area contributed by atoms with Crippen LogP contribution in [0.15, 0.2) is 22.9 Å². The molecular formula is C18H22N4O3. The van der Waals surface area contributed by atoms with Gasteiger partial charge in [-0.15, -0.1) is 0 Å². The lowest BCUT2D eigenvalue weighted by atomic mass is 10.1. The van der Waals surface area contributed by atoms with Crippen molar-refractivity contribution >= 4 is 5.91 Å². The Morgan fingerprint density at radius 3 is 2.96 bits per heavy atom. The van der Waals surface area contributed by atoms with E-state index >= 15 is 0 Å². The van der Waals surface area contributed by atoms with Crippen LogP contribution in [-0.4, -0.2) is 45.5 Å². The van der Waals surface area contributed by atoms with Crippen LogP contribution < -0.4 is 0 Å². The Labute approximate surface area is 145 Å². The molecule has 2 fully saturated rings. The fourth-order valence-corrected chi connectivity index (χ4v) is 3.43. The maximum atomic E-state index is 12.9. The number of carbonyl (C=O) groups excluding carboxylic acids is 1. The third kappa shape index (κ3) is 3.08. The third-order valence-electron chi connectivity index (χ3n) is 5.26. The molecule has 1 amide bonds. The predicted molar refractivity (Wildman–Crippen MR) is 88.0 cm³/mol. The smallest absolute Gasteiger partial charge is 0.276 e. The summed E-state index contributed by atoms with van der Waals surface area (Å²) in [6.07, 6.45) is 6.60. The van der Waals surface area contributed by atoms with Gasteiger partial charge < -0.3 is 14.2 Å². The molecule has 0 radical (unpaired) electrons. The number of amides is 1. The van der Waals surface area contributed by atoms with Crippen molar-refractivity contribution in [2.45, 2.75) is 44.2 Å². The third-order valence-corrected chi connectivity index (χ3v) is 5.26. The number of carbonyl (C=O) groups is 1. The standard InChI is InChI=1S/C18H22N4O3/c23-18(16-7-17(25-20-16)13-3-4-13)21-8-14-5-6-19-22(14)15(9-21)11-24-10-12-1-2-12/h5-7,12-13,15H,1-4,8-11H2. The maximum Gasteiger partial charge on any atom is 0.276 e. The molecule has 5 rings (SSSR count). The second kappa shape index (κ2) is 5.98. The molecule has 2 saturated carbocycles. The number of ether oxygens (including phenoxy) is 1. The van der Waals surface area contributed by atoms with Crippen LogP contribution in [0.25, 0.3) is 0 Å². The molecule has 0 spiro atoms. The van der Waals surface area contributed by atoms with Gasteiger partial charge in [0.2, 0.25) is 0 Å². The summed E-state index contributed by atoms with van der Waals surface area (Å²) in [6, 6.07) is 3.83. The first kappa shape index (κ1) is 15.1. The Hall–Kier alpha value is -2.15. The van der Waals surface area contributed by atoms with E-state index in [2.05, 4.69) is 10.3 Å². The van der Waals surface area contributed by atoms with Crippen LogP contribution in [0, 0.1) is 5.92 Å². The Kier molecular flexibility index (Phi) is 3.62. The van der Waals surface area contributed by atoms with Crippen LogP contribution in [0.3, 0.4) is 0 Å². The van der Waals surface area contributed by atoms with Gasteiger partial charge in [0.1, 0.15) is 5.76 Å². The average Bonchev–Trinajstić information content (AvgIpc) is 3.54. The van der Waals surface area contributed by atoms with Crippen molar-refractivity contribution in [3.05, 3.63) is 35.5 Å². The summed E-state index contributed by atoms with van der Waals surface area (Å²) in [6.45, 7) is 2.53. The van der Waals surface area contributed by atoms with Gasteiger partial charge >= 0.3 is 0 Å². The Morgan fingerprint density at radius 1 is 1.28 bits per heavy atom. The van der Waals surface area contributed by atoms with Gasteiger partial charge in [-0.3, -0.25) is 9.48 Å². The zero-order valence-electron chi connectivity index (χ0n) is 14.1. The predicted octanol–water partition coefficient (Wildman–Crippen LogP) is 2.37. The quantitative estimate of drug-likeness (QED) is 0.806. The monoisotopic (exact) mass is 342 g/mol. The largest absolute Gasteiger partial charge is 0.379 e. The molecule has 0 saturated heterocycles. The van der Waals surface area contributed by atoms with Crippen molar-refractivity contribution in [2.24, 2.45) is 5.92 Å². The summed E-state index contributed by atoms with van der Waals surface area (Å²) >= 11 is 0. The normalized spacial score (nSPS) is 22.9. The molecule has 2 aliphatic carbocycles. The summed E-state index contributed by atoms with van der Waals surface area (Å²) in [4.78, 5) is 14.7. The first-order valence-electron chi connectivity index (χ1n) is 9.14. The molecule has 2 aromatic heterocycles. The number of nitrogens with zero attached hydrogens (tertiary/aromatic N) is 4. The molecule has 3 heterocycles. The molecule has 1 unspecified atom stereocenters. The molecule has 1 atom stereocenters. The molecule has 3 aliphatic rings. The molecule has 1 aliphatic heterocycles. The molecule has 0 bridgehead atoms. The van der Waals surface area contributed by atoms with Gasteiger partial charge in [0.05, 0.1) is 24.9 Å². The van der Waals surface area contributed by atoms with E-state index in [1.807, 2.05) is 21.7 Å².